The van der Waals surface area contributed by atoms with Crippen LogP contribution in [0.4, 0.5) is 0 Å². The number of ether oxygens (including phenoxy) is 1. The van der Waals surface area contributed by atoms with Gasteiger partial charge in [-0.3, -0.25) is 4.79 Å². The van der Waals surface area contributed by atoms with Crippen LogP contribution in [-0.2, 0) is 16.0 Å². The number of H-pyrrole nitrogens is 1. The number of fused-ring (bicyclic) bond motifs is 1. The molecule has 1 fully saturated rings. The van der Waals surface area contributed by atoms with Crippen LogP contribution in [0.3, 0.4) is 0 Å². The molecule has 5 nitrogen and oxygen atoms in total. The van der Waals surface area contributed by atoms with Gasteiger partial charge in [0.2, 0.25) is 0 Å². The van der Waals surface area contributed by atoms with Crippen molar-refractivity contribution < 1.29 is 9.53 Å². The molecule has 2 heterocycles. The second-order valence-electron chi connectivity index (χ2n) is 5.81. The Morgan fingerprint density at radius 1 is 1.30 bits per heavy atom. The summed E-state index contributed by atoms with van der Waals surface area (Å²) in [5.74, 6) is 0.0105. The molecule has 3 rings (SSSR count). The summed E-state index contributed by atoms with van der Waals surface area (Å²) in [7, 11) is 1.63. The van der Waals surface area contributed by atoms with E-state index in [9.17, 15) is 4.79 Å². The standard InChI is InChI=1S/C17H23N3O2.ClH/c1-22-17(7-10-18-11-8-17)16(21)19-9-6-13-12-20-15-5-3-2-4-14(13)15;/h2-5,12,18,20H,6-11H2,1H3,(H,19,21);1H. The minimum absolute atomic E-state index is 0. The maximum atomic E-state index is 12.5. The molecule has 2 aromatic rings. The molecule has 1 amide bonds. The summed E-state index contributed by atoms with van der Waals surface area (Å²) in [4.78, 5) is 15.7. The average molecular weight is 338 g/mol. The van der Waals surface area contributed by atoms with E-state index in [1.54, 1.807) is 7.11 Å². The van der Waals surface area contributed by atoms with Gasteiger partial charge in [0, 0.05) is 30.8 Å². The van der Waals surface area contributed by atoms with E-state index in [1.165, 1.54) is 10.9 Å². The Morgan fingerprint density at radius 2 is 2.04 bits per heavy atom. The number of amides is 1. The Morgan fingerprint density at radius 3 is 2.78 bits per heavy atom. The van der Waals surface area contributed by atoms with Crippen molar-refractivity contribution in [1.29, 1.82) is 0 Å². The normalized spacial score (nSPS) is 16.7. The number of hydrogen-bond acceptors (Lipinski definition) is 3. The van der Waals surface area contributed by atoms with Gasteiger partial charge in [0.25, 0.3) is 5.91 Å². The molecule has 1 aliphatic heterocycles. The van der Waals surface area contributed by atoms with E-state index in [2.05, 4.69) is 27.8 Å². The molecule has 0 spiro atoms. The smallest absolute Gasteiger partial charge is 0.252 e. The fourth-order valence-corrected chi connectivity index (χ4v) is 3.16. The number of hydrogen-bond donors (Lipinski definition) is 3. The summed E-state index contributed by atoms with van der Waals surface area (Å²) in [6.45, 7) is 2.27. The number of carbonyl (C=O) groups is 1. The molecular weight excluding hydrogens is 314 g/mol. The van der Waals surface area contributed by atoms with Gasteiger partial charge >= 0.3 is 0 Å². The van der Waals surface area contributed by atoms with Crippen LogP contribution in [0, 0.1) is 0 Å². The average Bonchev–Trinajstić information content (AvgIpc) is 2.99. The number of para-hydroxylation sites is 1. The van der Waals surface area contributed by atoms with Crippen LogP contribution in [0.5, 0.6) is 0 Å². The molecule has 0 bridgehead atoms. The lowest BCUT2D eigenvalue weighted by Gasteiger charge is -2.34. The zero-order valence-electron chi connectivity index (χ0n) is 13.4. The van der Waals surface area contributed by atoms with E-state index in [4.69, 9.17) is 4.74 Å². The molecule has 3 N–H and O–H groups in total. The zero-order valence-corrected chi connectivity index (χ0v) is 14.2. The largest absolute Gasteiger partial charge is 0.368 e. The van der Waals surface area contributed by atoms with Gasteiger partial charge in [0.1, 0.15) is 5.60 Å². The highest BCUT2D eigenvalue weighted by atomic mass is 35.5. The predicted molar refractivity (Wildman–Crippen MR) is 94.1 cm³/mol. The number of halogens is 1. The third-order valence-corrected chi connectivity index (χ3v) is 4.57. The summed E-state index contributed by atoms with van der Waals surface area (Å²) in [5.41, 5.74) is 1.70. The first-order chi connectivity index (χ1) is 10.7. The Kier molecular flexibility index (Phi) is 6.04. The summed E-state index contributed by atoms with van der Waals surface area (Å²) < 4.78 is 5.54. The number of nitrogens with one attached hydrogen (secondary N) is 3. The zero-order chi connectivity index (χ0) is 15.4. The topological polar surface area (TPSA) is 66.1 Å². The molecule has 0 radical (unpaired) electrons. The Labute approximate surface area is 142 Å². The van der Waals surface area contributed by atoms with Crippen LogP contribution in [-0.4, -0.2) is 43.2 Å². The molecule has 1 saturated heterocycles. The van der Waals surface area contributed by atoms with Crippen molar-refractivity contribution in [3.05, 3.63) is 36.0 Å². The molecule has 23 heavy (non-hydrogen) atoms. The van der Waals surface area contributed by atoms with Crippen LogP contribution in [0.15, 0.2) is 30.5 Å². The molecule has 126 valence electrons. The summed E-state index contributed by atoms with van der Waals surface area (Å²) >= 11 is 0. The van der Waals surface area contributed by atoms with E-state index < -0.39 is 5.60 Å². The van der Waals surface area contributed by atoms with Crippen LogP contribution in [0.2, 0.25) is 0 Å². The van der Waals surface area contributed by atoms with Gasteiger partial charge in [-0.05, 0) is 44.0 Å². The first kappa shape index (κ1) is 17.8. The van der Waals surface area contributed by atoms with E-state index in [-0.39, 0.29) is 18.3 Å². The molecule has 1 aliphatic rings. The summed E-state index contributed by atoms with van der Waals surface area (Å²) in [6, 6.07) is 8.22. The number of benzene rings is 1. The van der Waals surface area contributed by atoms with Gasteiger partial charge in [-0.1, -0.05) is 18.2 Å². The van der Waals surface area contributed by atoms with Crippen molar-refractivity contribution in [3.63, 3.8) is 0 Å². The monoisotopic (exact) mass is 337 g/mol. The van der Waals surface area contributed by atoms with Gasteiger partial charge in [-0.2, -0.15) is 0 Å². The van der Waals surface area contributed by atoms with Crippen LogP contribution in [0.1, 0.15) is 18.4 Å². The molecule has 0 aliphatic carbocycles. The molecule has 0 unspecified atom stereocenters. The highest BCUT2D eigenvalue weighted by Crippen LogP contribution is 2.23. The second-order valence-corrected chi connectivity index (χ2v) is 5.81. The molecular formula is C17H24ClN3O2. The Bertz CT molecular complexity index is 650. The maximum absolute atomic E-state index is 12.5. The molecule has 0 saturated carbocycles. The quantitative estimate of drug-likeness (QED) is 0.782. The van der Waals surface area contributed by atoms with Crippen LogP contribution < -0.4 is 10.6 Å². The molecule has 1 aromatic heterocycles. The highest BCUT2D eigenvalue weighted by Gasteiger charge is 2.39. The number of methoxy groups -OCH3 is 1. The van der Waals surface area contributed by atoms with E-state index in [0.717, 1.165) is 37.9 Å². The van der Waals surface area contributed by atoms with Crippen molar-refractivity contribution in [1.82, 2.24) is 15.6 Å². The van der Waals surface area contributed by atoms with Gasteiger partial charge in [-0.15, -0.1) is 12.4 Å². The minimum Gasteiger partial charge on any atom is -0.368 e. The number of piperidine rings is 1. The van der Waals surface area contributed by atoms with E-state index >= 15 is 0 Å². The van der Waals surface area contributed by atoms with Crippen molar-refractivity contribution in [2.75, 3.05) is 26.7 Å². The number of rotatable bonds is 5. The Balaban J connectivity index is 0.00000192. The first-order valence-corrected chi connectivity index (χ1v) is 7.84. The summed E-state index contributed by atoms with van der Waals surface area (Å²) in [6.07, 6.45) is 4.28. The fraction of sp³-hybridized carbons (Fsp3) is 0.471. The van der Waals surface area contributed by atoms with Gasteiger partial charge in [-0.25, -0.2) is 0 Å². The van der Waals surface area contributed by atoms with Crippen LogP contribution in [0.25, 0.3) is 10.9 Å². The van der Waals surface area contributed by atoms with Crippen molar-refractivity contribution in [3.8, 4) is 0 Å². The van der Waals surface area contributed by atoms with Gasteiger partial charge < -0.3 is 20.4 Å². The lowest BCUT2D eigenvalue weighted by Crippen LogP contribution is -2.54. The SMILES string of the molecule is COC1(C(=O)NCCc2c[nH]c3ccccc23)CCNCC1.Cl. The maximum Gasteiger partial charge on any atom is 0.252 e. The highest BCUT2D eigenvalue weighted by molar-refractivity contribution is 5.86. The predicted octanol–water partition coefficient (Wildman–Crippen LogP) is 2.02. The number of aromatic nitrogens is 1. The Hall–Kier alpha value is -1.56. The first-order valence-electron chi connectivity index (χ1n) is 7.84. The lowest BCUT2D eigenvalue weighted by molar-refractivity contribution is -0.146. The van der Waals surface area contributed by atoms with Gasteiger partial charge in [0.05, 0.1) is 0 Å². The van der Waals surface area contributed by atoms with Crippen molar-refractivity contribution in [2.24, 2.45) is 0 Å². The molecule has 6 heteroatoms. The van der Waals surface area contributed by atoms with E-state index in [1.807, 2.05) is 18.3 Å². The van der Waals surface area contributed by atoms with Crippen LogP contribution >= 0.6 is 12.4 Å². The number of carbonyl (C=O) groups excluding carboxylic acids is 1. The minimum atomic E-state index is -0.661. The van der Waals surface area contributed by atoms with Crippen molar-refractivity contribution in [2.45, 2.75) is 24.9 Å². The lowest BCUT2D eigenvalue weighted by atomic mass is 9.91. The third-order valence-electron chi connectivity index (χ3n) is 4.57. The molecule has 1 aromatic carbocycles. The number of aromatic amines is 1. The van der Waals surface area contributed by atoms with Gasteiger partial charge in [0.15, 0.2) is 0 Å². The van der Waals surface area contributed by atoms with Crippen molar-refractivity contribution >= 4 is 29.2 Å². The van der Waals surface area contributed by atoms with E-state index in [0.29, 0.717) is 6.54 Å². The molecule has 0 atom stereocenters. The third kappa shape index (κ3) is 3.68. The summed E-state index contributed by atoms with van der Waals surface area (Å²) in [5, 5.41) is 7.53. The second kappa shape index (κ2) is 7.81. The fourth-order valence-electron chi connectivity index (χ4n) is 3.16.